The standard InChI is InChI=1S/C13H17FN4O2S/c1-4-9-6-11(17-16-9)18-21(19,20)13-7(2)5-10(14)12(15)8(13)3/h5-6H,4,15H2,1-3H3,(H2,16,17,18). The number of halogens is 1. The Kier molecular flexibility index (Phi) is 3.91. The molecule has 2 aromatic rings. The van der Waals surface area contributed by atoms with E-state index >= 15 is 0 Å². The number of anilines is 2. The number of nitrogen functional groups attached to an aromatic ring is 1. The van der Waals surface area contributed by atoms with E-state index in [9.17, 15) is 12.8 Å². The normalized spacial score (nSPS) is 11.6. The molecule has 0 aliphatic rings. The van der Waals surface area contributed by atoms with E-state index in [1.165, 1.54) is 13.8 Å². The Hall–Kier alpha value is -2.09. The zero-order chi connectivity index (χ0) is 15.8. The minimum absolute atomic E-state index is 0.0255. The molecule has 114 valence electrons. The molecule has 1 heterocycles. The maximum Gasteiger partial charge on any atom is 0.263 e. The van der Waals surface area contributed by atoms with Gasteiger partial charge in [-0.1, -0.05) is 6.92 Å². The summed E-state index contributed by atoms with van der Waals surface area (Å²) in [7, 11) is -3.89. The number of aromatic nitrogens is 2. The number of hydrogen-bond donors (Lipinski definition) is 3. The monoisotopic (exact) mass is 312 g/mol. The molecule has 0 bridgehead atoms. The Morgan fingerprint density at radius 1 is 1.38 bits per heavy atom. The van der Waals surface area contributed by atoms with Gasteiger partial charge in [-0.25, -0.2) is 12.8 Å². The van der Waals surface area contributed by atoms with Gasteiger partial charge in [0.05, 0.1) is 10.6 Å². The molecular weight excluding hydrogens is 295 g/mol. The van der Waals surface area contributed by atoms with Crippen molar-refractivity contribution in [1.29, 1.82) is 0 Å². The summed E-state index contributed by atoms with van der Waals surface area (Å²) >= 11 is 0. The molecule has 0 radical (unpaired) electrons. The summed E-state index contributed by atoms with van der Waals surface area (Å²) in [5.41, 5.74) is 6.69. The van der Waals surface area contributed by atoms with Crippen molar-refractivity contribution in [2.75, 3.05) is 10.5 Å². The number of nitrogens with zero attached hydrogens (tertiary/aromatic N) is 1. The van der Waals surface area contributed by atoms with Gasteiger partial charge >= 0.3 is 0 Å². The molecule has 1 aromatic carbocycles. The minimum atomic E-state index is -3.89. The largest absolute Gasteiger partial charge is 0.396 e. The molecule has 0 atom stereocenters. The van der Waals surface area contributed by atoms with Gasteiger partial charge in [-0.3, -0.25) is 9.82 Å². The molecule has 0 unspecified atom stereocenters. The zero-order valence-corrected chi connectivity index (χ0v) is 12.8. The molecule has 0 spiro atoms. The molecule has 0 aliphatic heterocycles. The fourth-order valence-electron chi connectivity index (χ4n) is 2.13. The van der Waals surface area contributed by atoms with Crippen LogP contribution in [-0.4, -0.2) is 18.6 Å². The van der Waals surface area contributed by atoms with Crippen molar-refractivity contribution in [3.05, 3.63) is 34.8 Å². The first-order valence-corrected chi connectivity index (χ1v) is 7.86. The average molecular weight is 312 g/mol. The highest BCUT2D eigenvalue weighted by Crippen LogP contribution is 2.28. The molecule has 21 heavy (non-hydrogen) atoms. The van der Waals surface area contributed by atoms with Gasteiger partial charge in [0, 0.05) is 11.8 Å². The first kappa shape index (κ1) is 15.3. The van der Waals surface area contributed by atoms with Crippen LogP contribution in [0.4, 0.5) is 15.9 Å². The predicted molar refractivity (Wildman–Crippen MR) is 79.1 cm³/mol. The fraction of sp³-hybridized carbons (Fsp3) is 0.308. The number of benzene rings is 1. The Morgan fingerprint density at radius 3 is 2.62 bits per heavy atom. The number of aromatic amines is 1. The van der Waals surface area contributed by atoms with Crippen LogP contribution in [-0.2, 0) is 16.4 Å². The average Bonchev–Trinajstić information content (AvgIpc) is 2.82. The minimum Gasteiger partial charge on any atom is -0.396 e. The van der Waals surface area contributed by atoms with Gasteiger partial charge in [0.25, 0.3) is 10.0 Å². The van der Waals surface area contributed by atoms with E-state index in [-0.39, 0.29) is 27.5 Å². The van der Waals surface area contributed by atoms with Gasteiger partial charge in [-0.05, 0) is 37.5 Å². The second kappa shape index (κ2) is 5.36. The van der Waals surface area contributed by atoms with Crippen LogP contribution in [0.25, 0.3) is 0 Å². The molecule has 0 saturated heterocycles. The van der Waals surface area contributed by atoms with Gasteiger partial charge in [-0.2, -0.15) is 5.10 Å². The van der Waals surface area contributed by atoms with Crippen LogP contribution in [0.2, 0.25) is 0 Å². The van der Waals surface area contributed by atoms with Crippen molar-refractivity contribution in [2.24, 2.45) is 0 Å². The van der Waals surface area contributed by atoms with Crippen LogP contribution in [0.1, 0.15) is 23.7 Å². The highest BCUT2D eigenvalue weighted by atomic mass is 32.2. The first-order valence-electron chi connectivity index (χ1n) is 6.38. The summed E-state index contributed by atoms with van der Waals surface area (Å²) in [4.78, 5) is -0.0255. The number of nitrogens with one attached hydrogen (secondary N) is 2. The Bertz CT molecular complexity index is 784. The Balaban J connectivity index is 2.47. The third kappa shape index (κ3) is 2.85. The second-order valence-electron chi connectivity index (χ2n) is 4.78. The fourth-order valence-corrected chi connectivity index (χ4v) is 3.61. The smallest absolute Gasteiger partial charge is 0.263 e. The van der Waals surface area contributed by atoms with Crippen LogP contribution in [0, 0.1) is 19.7 Å². The van der Waals surface area contributed by atoms with Gasteiger partial charge in [0.2, 0.25) is 0 Å². The van der Waals surface area contributed by atoms with Gasteiger partial charge in [-0.15, -0.1) is 0 Å². The van der Waals surface area contributed by atoms with Crippen molar-refractivity contribution in [2.45, 2.75) is 32.1 Å². The van der Waals surface area contributed by atoms with Crippen molar-refractivity contribution in [3.8, 4) is 0 Å². The third-order valence-corrected chi connectivity index (χ3v) is 4.87. The van der Waals surface area contributed by atoms with Crippen molar-refractivity contribution in [1.82, 2.24) is 10.2 Å². The van der Waals surface area contributed by atoms with Crippen molar-refractivity contribution < 1.29 is 12.8 Å². The van der Waals surface area contributed by atoms with Crippen LogP contribution in [0.3, 0.4) is 0 Å². The number of sulfonamides is 1. The molecule has 0 aliphatic carbocycles. The van der Waals surface area contributed by atoms with Crippen LogP contribution in [0.15, 0.2) is 17.0 Å². The lowest BCUT2D eigenvalue weighted by Gasteiger charge is -2.13. The molecule has 0 fully saturated rings. The van der Waals surface area contributed by atoms with Gasteiger partial charge in [0.15, 0.2) is 5.82 Å². The summed E-state index contributed by atoms with van der Waals surface area (Å²) in [5, 5.41) is 6.59. The van der Waals surface area contributed by atoms with E-state index in [1.807, 2.05) is 6.92 Å². The summed E-state index contributed by atoms with van der Waals surface area (Å²) in [5.74, 6) is -0.439. The van der Waals surface area contributed by atoms with E-state index < -0.39 is 15.8 Å². The quantitative estimate of drug-likeness (QED) is 0.753. The molecule has 0 saturated carbocycles. The van der Waals surface area contributed by atoms with E-state index in [2.05, 4.69) is 14.9 Å². The van der Waals surface area contributed by atoms with Crippen molar-refractivity contribution >= 4 is 21.5 Å². The highest BCUT2D eigenvalue weighted by Gasteiger charge is 2.23. The molecule has 6 nitrogen and oxygen atoms in total. The topological polar surface area (TPSA) is 101 Å². The number of rotatable bonds is 4. The number of aryl methyl sites for hydroxylation is 2. The summed E-state index contributed by atoms with van der Waals surface area (Å²) in [6.45, 7) is 4.91. The Morgan fingerprint density at radius 2 is 2.05 bits per heavy atom. The number of H-pyrrole nitrogens is 1. The lowest BCUT2D eigenvalue weighted by molar-refractivity contribution is 0.598. The van der Waals surface area contributed by atoms with E-state index in [1.54, 1.807) is 6.07 Å². The van der Waals surface area contributed by atoms with Crippen molar-refractivity contribution in [3.63, 3.8) is 0 Å². The molecule has 2 rings (SSSR count). The van der Waals surface area contributed by atoms with Crippen LogP contribution >= 0.6 is 0 Å². The Labute approximate surface area is 122 Å². The lowest BCUT2D eigenvalue weighted by atomic mass is 10.1. The lowest BCUT2D eigenvalue weighted by Crippen LogP contribution is -2.17. The maximum atomic E-state index is 13.5. The van der Waals surface area contributed by atoms with E-state index in [0.29, 0.717) is 6.42 Å². The van der Waals surface area contributed by atoms with Gasteiger partial charge < -0.3 is 5.73 Å². The van der Waals surface area contributed by atoms with Gasteiger partial charge in [0.1, 0.15) is 5.82 Å². The molecule has 4 N–H and O–H groups in total. The zero-order valence-electron chi connectivity index (χ0n) is 12.0. The SMILES string of the molecule is CCc1cc(NS(=O)(=O)c2c(C)cc(F)c(N)c2C)n[nH]1. The van der Waals surface area contributed by atoms with E-state index in [0.717, 1.165) is 11.8 Å². The number of nitrogens with two attached hydrogens (primary N) is 1. The molecule has 0 amide bonds. The molecule has 1 aromatic heterocycles. The molecular formula is C13H17FN4O2S. The first-order chi connectivity index (χ1) is 9.76. The summed E-state index contributed by atoms with van der Waals surface area (Å²) in [6.07, 6.45) is 0.705. The summed E-state index contributed by atoms with van der Waals surface area (Å²) in [6, 6.07) is 2.72. The summed E-state index contributed by atoms with van der Waals surface area (Å²) < 4.78 is 40.8. The predicted octanol–water partition coefficient (Wildman–Crippen LogP) is 2.11. The van der Waals surface area contributed by atoms with Crippen LogP contribution < -0.4 is 10.5 Å². The number of hydrogen-bond acceptors (Lipinski definition) is 4. The van der Waals surface area contributed by atoms with Crippen LogP contribution in [0.5, 0.6) is 0 Å². The third-order valence-electron chi connectivity index (χ3n) is 3.22. The van der Waals surface area contributed by atoms with E-state index in [4.69, 9.17) is 5.73 Å². The maximum absolute atomic E-state index is 13.5. The molecule has 8 heteroatoms. The highest BCUT2D eigenvalue weighted by molar-refractivity contribution is 7.92. The second-order valence-corrected chi connectivity index (χ2v) is 6.40.